The fraction of sp³-hybridized carbons (Fsp3) is 1.00. The van der Waals surface area contributed by atoms with Crippen LogP contribution in [-0.4, -0.2) is 6.04 Å². The lowest BCUT2D eigenvalue weighted by Gasteiger charge is -2.31. The smallest absolute Gasteiger partial charge is 0.00618 e. The van der Waals surface area contributed by atoms with Crippen LogP contribution in [0.1, 0.15) is 47.5 Å². The second-order valence-corrected chi connectivity index (χ2v) is 4.49. The Morgan fingerprint density at radius 3 is 2.00 bits per heavy atom. The zero-order chi connectivity index (χ0) is 9.07. The van der Waals surface area contributed by atoms with Crippen molar-refractivity contribution >= 4 is 0 Å². The molecule has 0 aromatic carbocycles. The molecule has 0 spiro atoms. The topological polar surface area (TPSA) is 26.0 Å². The van der Waals surface area contributed by atoms with Crippen LogP contribution in [0.4, 0.5) is 0 Å². The normalized spacial score (nSPS) is 18.0. The maximum atomic E-state index is 5.87. The van der Waals surface area contributed by atoms with Gasteiger partial charge in [-0.05, 0) is 24.7 Å². The monoisotopic (exact) mass is 157 g/mol. The molecule has 0 fully saturated rings. The molecule has 11 heavy (non-hydrogen) atoms. The predicted octanol–water partition coefficient (Wildman–Crippen LogP) is 2.80. The van der Waals surface area contributed by atoms with E-state index in [1.165, 1.54) is 12.8 Å². The number of hydrogen-bond donors (Lipinski definition) is 1. The Balaban J connectivity index is 3.90. The van der Waals surface area contributed by atoms with Crippen LogP contribution < -0.4 is 5.73 Å². The molecule has 0 aliphatic rings. The first-order chi connectivity index (χ1) is 4.90. The highest BCUT2D eigenvalue weighted by atomic mass is 14.7. The fourth-order valence-corrected chi connectivity index (χ4v) is 1.23. The van der Waals surface area contributed by atoms with E-state index in [2.05, 4.69) is 34.6 Å². The molecular formula is C10H23N. The quantitative estimate of drug-likeness (QED) is 0.667. The zero-order valence-electron chi connectivity index (χ0n) is 8.65. The van der Waals surface area contributed by atoms with Gasteiger partial charge in [0, 0.05) is 6.04 Å². The van der Waals surface area contributed by atoms with E-state index in [0.717, 1.165) is 5.92 Å². The molecule has 0 rings (SSSR count). The second kappa shape index (κ2) is 4.10. The van der Waals surface area contributed by atoms with Gasteiger partial charge in [-0.15, -0.1) is 0 Å². The lowest BCUT2D eigenvalue weighted by molar-refractivity contribution is 0.230. The van der Waals surface area contributed by atoms with E-state index < -0.39 is 0 Å². The average molecular weight is 157 g/mol. The van der Waals surface area contributed by atoms with Gasteiger partial charge in [0.1, 0.15) is 0 Å². The highest BCUT2D eigenvalue weighted by Gasteiger charge is 2.24. The first-order valence-corrected chi connectivity index (χ1v) is 4.65. The van der Waals surface area contributed by atoms with Crippen molar-refractivity contribution in [1.29, 1.82) is 0 Å². The maximum Gasteiger partial charge on any atom is 0.00618 e. The van der Waals surface area contributed by atoms with Gasteiger partial charge in [-0.25, -0.2) is 0 Å². The summed E-state index contributed by atoms with van der Waals surface area (Å²) in [5.74, 6) is 0.802. The van der Waals surface area contributed by atoms with Crippen LogP contribution in [0, 0.1) is 11.3 Å². The van der Waals surface area contributed by atoms with Crippen LogP contribution in [0.3, 0.4) is 0 Å². The van der Waals surface area contributed by atoms with Crippen molar-refractivity contribution in [3.05, 3.63) is 0 Å². The molecule has 0 aromatic rings. The minimum absolute atomic E-state index is 0.301. The van der Waals surface area contributed by atoms with E-state index in [1.54, 1.807) is 0 Å². The summed E-state index contributed by atoms with van der Waals surface area (Å²) in [6.07, 6.45) is 2.50. The fourth-order valence-electron chi connectivity index (χ4n) is 1.23. The highest BCUT2D eigenvalue weighted by molar-refractivity contribution is 4.79. The lowest BCUT2D eigenvalue weighted by Crippen LogP contribution is -2.35. The third-order valence-electron chi connectivity index (χ3n) is 2.80. The van der Waals surface area contributed by atoms with E-state index >= 15 is 0 Å². The molecule has 0 amide bonds. The van der Waals surface area contributed by atoms with Crippen LogP contribution in [0.2, 0.25) is 0 Å². The van der Waals surface area contributed by atoms with Gasteiger partial charge in [0.25, 0.3) is 0 Å². The van der Waals surface area contributed by atoms with Crippen LogP contribution in [0.15, 0.2) is 0 Å². The van der Waals surface area contributed by atoms with Crippen molar-refractivity contribution in [3.8, 4) is 0 Å². The zero-order valence-corrected chi connectivity index (χ0v) is 8.65. The van der Waals surface area contributed by atoms with Crippen LogP contribution in [0.5, 0.6) is 0 Å². The Hall–Kier alpha value is -0.0400. The summed E-state index contributed by atoms with van der Waals surface area (Å²) in [7, 11) is 0. The third kappa shape index (κ3) is 3.76. The molecule has 0 heterocycles. The van der Waals surface area contributed by atoms with Crippen molar-refractivity contribution in [1.82, 2.24) is 0 Å². The van der Waals surface area contributed by atoms with E-state index in [9.17, 15) is 0 Å². The second-order valence-electron chi connectivity index (χ2n) is 4.49. The first kappa shape index (κ1) is 11.0. The van der Waals surface area contributed by atoms with Crippen LogP contribution in [0.25, 0.3) is 0 Å². The van der Waals surface area contributed by atoms with Gasteiger partial charge in [0.15, 0.2) is 0 Å². The molecular weight excluding hydrogens is 134 g/mol. The summed E-state index contributed by atoms with van der Waals surface area (Å²) in [5.41, 5.74) is 6.17. The molecule has 0 saturated carbocycles. The Morgan fingerprint density at radius 1 is 1.27 bits per heavy atom. The molecule has 0 aromatic heterocycles. The molecule has 1 nitrogen and oxygen atoms in total. The predicted molar refractivity (Wildman–Crippen MR) is 51.5 cm³/mol. The summed E-state index contributed by atoms with van der Waals surface area (Å²) < 4.78 is 0. The minimum atomic E-state index is 0.301. The van der Waals surface area contributed by atoms with Gasteiger partial charge < -0.3 is 5.73 Å². The number of nitrogens with two attached hydrogens (primary N) is 1. The van der Waals surface area contributed by atoms with E-state index in [0.29, 0.717) is 11.5 Å². The SMILES string of the molecule is CCC(C)CC(C)(C)C(C)N. The molecule has 68 valence electrons. The third-order valence-corrected chi connectivity index (χ3v) is 2.80. The maximum absolute atomic E-state index is 5.87. The minimum Gasteiger partial charge on any atom is -0.327 e. The average Bonchev–Trinajstić information content (AvgIpc) is 1.86. The summed E-state index contributed by atoms with van der Waals surface area (Å²) in [6.45, 7) is 11.1. The molecule has 2 unspecified atom stereocenters. The summed E-state index contributed by atoms with van der Waals surface area (Å²) >= 11 is 0. The largest absolute Gasteiger partial charge is 0.327 e. The van der Waals surface area contributed by atoms with Crippen LogP contribution >= 0.6 is 0 Å². The van der Waals surface area contributed by atoms with Crippen molar-refractivity contribution in [2.75, 3.05) is 0 Å². The standard InChI is InChI=1S/C10H23N/c1-6-8(2)7-10(4,5)9(3)11/h8-9H,6-7,11H2,1-5H3. The van der Waals surface area contributed by atoms with E-state index in [4.69, 9.17) is 5.73 Å². The summed E-state index contributed by atoms with van der Waals surface area (Å²) in [4.78, 5) is 0. The molecule has 1 heteroatoms. The molecule has 0 aliphatic heterocycles. The molecule has 0 bridgehead atoms. The van der Waals surface area contributed by atoms with Gasteiger partial charge in [0.2, 0.25) is 0 Å². The van der Waals surface area contributed by atoms with Crippen molar-refractivity contribution in [2.24, 2.45) is 17.1 Å². The molecule has 0 radical (unpaired) electrons. The molecule has 0 saturated heterocycles. The number of rotatable bonds is 4. The van der Waals surface area contributed by atoms with Crippen molar-refractivity contribution in [2.45, 2.75) is 53.5 Å². The Bertz CT molecular complexity index is 105. The van der Waals surface area contributed by atoms with Crippen molar-refractivity contribution in [3.63, 3.8) is 0 Å². The van der Waals surface area contributed by atoms with E-state index in [-0.39, 0.29) is 0 Å². The Morgan fingerprint density at radius 2 is 1.73 bits per heavy atom. The van der Waals surface area contributed by atoms with Gasteiger partial charge in [-0.3, -0.25) is 0 Å². The van der Waals surface area contributed by atoms with Gasteiger partial charge in [-0.2, -0.15) is 0 Å². The van der Waals surface area contributed by atoms with Crippen molar-refractivity contribution < 1.29 is 0 Å². The van der Waals surface area contributed by atoms with E-state index in [1.807, 2.05) is 0 Å². The highest BCUT2D eigenvalue weighted by Crippen LogP contribution is 2.29. The number of hydrogen-bond acceptors (Lipinski definition) is 1. The van der Waals surface area contributed by atoms with Gasteiger partial charge in [0.05, 0.1) is 0 Å². The summed E-state index contributed by atoms with van der Waals surface area (Å²) in [6, 6.07) is 0.302. The van der Waals surface area contributed by atoms with Gasteiger partial charge >= 0.3 is 0 Å². The lowest BCUT2D eigenvalue weighted by atomic mass is 9.77. The molecule has 2 atom stereocenters. The summed E-state index contributed by atoms with van der Waals surface area (Å²) in [5, 5.41) is 0. The Labute approximate surface area is 71.4 Å². The van der Waals surface area contributed by atoms with Crippen LogP contribution in [-0.2, 0) is 0 Å². The molecule has 2 N–H and O–H groups in total. The molecule has 0 aliphatic carbocycles. The first-order valence-electron chi connectivity index (χ1n) is 4.65. The Kier molecular flexibility index (Phi) is 4.09. The van der Waals surface area contributed by atoms with Gasteiger partial charge in [-0.1, -0.05) is 34.1 Å².